The van der Waals surface area contributed by atoms with Crippen LogP contribution in [-0.2, 0) is 11.2 Å². The van der Waals surface area contributed by atoms with E-state index < -0.39 is 0 Å². The molecule has 0 unspecified atom stereocenters. The summed E-state index contributed by atoms with van der Waals surface area (Å²) < 4.78 is 5.23. The molecule has 0 saturated heterocycles. The molecular weight excluding hydrogens is 226 g/mol. The van der Waals surface area contributed by atoms with Gasteiger partial charge >= 0.3 is 5.97 Å². The van der Waals surface area contributed by atoms with E-state index >= 15 is 0 Å². The molecule has 0 saturated carbocycles. The highest BCUT2D eigenvalue weighted by Crippen LogP contribution is 2.15. The van der Waals surface area contributed by atoms with Crippen molar-refractivity contribution < 1.29 is 9.53 Å². The van der Waals surface area contributed by atoms with Gasteiger partial charge in [-0.15, -0.1) is 0 Å². The van der Waals surface area contributed by atoms with Crippen molar-refractivity contribution in [1.29, 1.82) is 0 Å². The molecule has 0 fully saturated rings. The highest BCUT2D eigenvalue weighted by atomic mass is 16.5. The van der Waals surface area contributed by atoms with Gasteiger partial charge in [0.1, 0.15) is 5.75 Å². The average molecular weight is 241 g/mol. The number of carbonyl (C=O) groups is 1. The molecule has 0 aromatic heterocycles. The zero-order valence-electron chi connectivity index (χ0n) is 10.2. The molecule has 92 valence electrons. The van der Waals surface area contributed by atoms with E-state index in [4.69, 9.17) is 10.5 Å². The molecule has 0 atom stereocenters. The van der Waals surface area contributed by atoms with Crippen LogP contribution in [0, 0.1) is 6.92 Å². The first kappa shape index (κ1) is 12.2. The minimum Gasteiger partial charge on any atom is -0.426 e. The van der Waals surface area contributed by atoms with Gasteiger partial charge in [-0.25, -0.2) is 0 Å². The van der Waals surface area contributed by atoms with Gasteiger partial charge in [-0.05, 0) is 42.3 Å². The van der Waals surface area contributed by atoms with E-state index in [1.165, 1.54) is 0 Å². The summed E-state index contributed by atoms with van der Waals surface area (Å²) in [7, 11) is 0. The summed E-state index contributed by atoms with van der Waals surface area (Å²) >= 11 is 0. The van der Waals surface area contributed by atoms with Crippen molar-refractivity contribution in [3.05, 3.63) is 59.7 Å². The van der Waals surface area contributed by atoms with Gasteiger partial charge < -0.3 is 10.5 Å². The molecule has 0 aliphatic heterocycles. The highest BCUT2D eigenvalue weighted by Gasteiger charge is 2.07. The van der Waals surface area contributed by atoms with Gasteiger partial charge in [0.25, 0.3) is 0 Å². The number of carbonyl (C=O) groups excluding carboxylic acids is 1. The van der Waals surface area contributed by atoms with Crippen LogP contribution >= 0.6 is 0 Å². The Morgan fingerprint density at radius 1 is 1.11 bits per heavy atom. The lowest BCUT2D eigenvalue weighted by atomic mass is 10.1. The number of anilines is 1. The Morgan fingerprint density at radius 3 is 2.44 bits per heavy atom. The third-order valence-electron chi connectivity index (χ3n) is 2.71. The van der Waals surface area contributed by atoms with Crippen molar-refractivity contribution in [3.63, 3.8) is 0 Å². The van der Waals surface area contributed by atoms with E-state index in [-0.39, 0.29) is 12.4 Å². The van der Waals surface area contributed by atoms with Gasteiger partial charge in [0.2, 0.25) is 0 Å². The number of aryl methyl sites for hydroxylation is 1. The van der Waals surface area contributed by atoms with Crippen molar-refractivity contribution >= 4 is 11.7 Å². The molecule has 2 aromatic rings. The van der Waals surface area contributed by atoms with E-state index in [9.17, 15) is 4.79 Å². The quantitative estimate of drug-likeness (QED) is 0.510. The van der Waals surface area contributed by atoms with E-state index in [0.717, 1.165) is 11.1 Å². The number of esters is 1. The SMILES string of the molecule is Cc1ccccc1CC(=O)Oc1ccc(N)cc1. The maximum Gasteiger partial charge on any atom is 0.315 e. The molecule has 0 radical (unpaired) electrons. The highest BCUT2D eigenvalue weighted by molar-refractivity contribution is 5.75. The minimum atomic E-state index is -0.269. The van der Waals surface area contributed by atoms with Crippen LogP contribution < -0.4 is 10.5 Å². The van der Waals surface area contributed by atoms with E-state index in [0.29, 0.717) is 11.4 Å². The average Bonchev–Trinajstić information content (AvgIpc) is 2.35. The molecule has 3 heteroatoms. The number of rotatable bonds is 3. The van der Waals surface area contributed by atoms with Crippen LogP contribution in [0.4, 0.5) is 5.69 Å². The second-order valence-electron chi connectivity index (χ2n) is 4.15. The zero-order chi connectivity index (χ0) is 13.0. The normalized spacial score (nSPS) is 10.1. The lowest BCUT2D eigenvalue weighted by Gasteiger charge is -2.06. The van der Waals surface area contributed by atoms with Gasteiger partial charge in [0.05, 0.1) is 6.42 Å². The number of ether oxygens (including phenoxy) is 1. The molecule has 0 aliphatic rings. The minimum absolute atomic E-state index is 0.269. The molecule has 2 N–H and O–H groups in total. The Bertz CT molecular complexity index is 547. The van der Waals surface area contributed by atoms with Crippen molar-refractivity contribution in [2.45, 2.75) is 13.3 Å². The van der Waals surface area contributed by atoms with Crippen LogP contribution in [0.25, 0.3) is 0 Å². The Kier molecular flexibility index (Phi) is 3.63. The van der Waals surface area contributed by atoms with Crippen molar-refractivity contribution in [2.75, 3.05) is 5.73 Å². The van der Waals surface area contributed by atoms with Crippen molar-refractivity contribution in [1.82, 2.24) is 0 Å². The fourth-order valence-electron chi connectivity index (χ4n) is 1.67. The second kappa shape index (κ2) is 5.36. The van der Waals surface area contributed by atoms with E-state index in [2.05, 4.69) is 0 Å². The van der Waals surface area contributed by atoms with Gasteiger partial charge in [-0.1, -0.05) is 24.3 Å². The molecule has 0 bridgehead atoms. The number of hydrogen-bond acceptors (Lipinski definition) is 3. The summed E-state index contributed by atoms with van der Waals surface area (Å²) in [5.74, 6) is 0.247. The zero-order valence-corrected chi connectivity index (χ0v) is 10.2. The lowest BCUT2D eigenvalue weighted by molar-refractivity contribution is -0.133. The third-order valence-corrected chi connectivity index (χ3v) is 2.71. The molecule has 18 heavy (non-hydrogen) atoms. The monoisotopic (exact) mass is 241 g/mol. The Hall–Kier alpha value is -2.29. The number of benzene rings is 2. The van der Waals surface area contributed by atoms with Gasteiger partial charge in [0, 0.05) is 5.69 Å². The summed E-state index contributed by atoms with van der Waals surface area (Å²) in [6, 6.07) is 14.6. The van der Waals surface area contributed by atoms with Crippen molar-refractivity contribution in [2.24, 2.45) is 0 Å². The van der Waals surface area contributed by atoms with Crippen LogP contribution in [0.5, 0.6) is 5.75 Å². The molecule has 2 aromatic carbocycles. The summed E-state index contributed by atoms with van der Waals surface area (Å²) in [4.78, 5) is 11.8. The first-order chi connectivity index (χ1) is 8.65. The summed E-state index contributed by atoms with van der Waals surface area (Å²) in [5.41, 5.74) is 8.28. The third kappa shape index (κ3) is 3.10. The Labute approximate surface area is 106 Å². The van der Waals surface area contributed by atoms with Crippen LogP contribution in [0.2, 0.25) is 0 Å². The van der Waals surface area contributed by atoms with Crippen LogP contribution in [0.3, 0.4) is 0 Å². The van der Waals surface area contributed by atoms with Crippen LogP contribution in [0.1, 0.15) is 11.1 Å². The molecule has 0 heterocycles. The second-order valence-corrected chi connectivity index (χ2v) is 4.15. The predicted octanol–water partition coefficient (Wildman–Crippen LogP) is 2.73. The summed E-state index contributed by atoms with van der Waals surface area (Å²) in [5, 5.41) is 0. The molecular formula is C15H15NO2. The maximum atomic E-state index is 11.8. The fourth-order valence-corrected chi connectivity index (χ4v) is 1.67. The number of hydrogen-bond donors (Lipinski definition) is 1. The Morgan fingerprint density at radius 2 is 1.78 bits per heavy atom. The molecule has 0 spiro atoms. The standard InChI is InChI=1S/C15H15NO2/c1-11-4-2-3-5-12(11)10-15(17)18-14-8-6-13(16)7-9-14/h2-9H,10,16H2,1H3. The van der Waals surface area contributed by atoms with Crippen molar-refractivity contribution in [3.8, 4) is 5.75 Å². The van der Waals surface area contributed by atoms with Gasteiger partial charge in [-0.2, -0.15) is 0 Å². The predicted molar refractivity (Wildman–Crippen MR) is 71.4 cm³/mol. The molecule has 3 nitrogen and oxygen atoms in total. The Balaban J connectivity index is 2.01. The number of nitrogens with two attached hydrogens (primary N) is 1. The first-order valence-corrected chi connectivity index (χ1v) is 5.76. The topological polar surface area (TPSA) is 52.3 Å². The largest absolute Gasteiger partial charge is 0.426 e. The molecule has 2 rings (SSSR count). The fraction of sp³-hybridized carbons (Fsp3) is 0.133. The summed E-state index contributed by atoms with van der Waals surface area (Å²) in [6.07, 6.45) is 0.275. The van der Waals surface area contributed by atoms with E-state index in [1.807, 2.05) is 31.2 Å². The molecule has 0 amide bonds. The van der Waals surface area contributed by atoms with Crippen LogP contribution in [-0.4, -0.2) is 5.97 Å². The van der Waals surface area contributed by atoms with Gasteiger partial charge in [0.15, 0.2) is 0 Å². The van der Waals surface area contributed by atoms with Crippen LogP contribution in [0.15, 0.2) is 48.5 Å². The first-order valence-electron chi connectivity index (χ1n) is 5.76. The molecule has 0 aliphatic carbocycles. The summed E-state index contributed by atoms with van der Waals surface area (Å²) in [6.45, 7) is 1.98. The van der Waals surface area contributed by atoms with E-state index in [1.54, 1.807) is 24.3 Å². The van der Waals surface area contributed by atoms with Gasteiger partial charge in [-0.3, -0.25) is 4.79 Å². The lowest BCUT2D eigenvalue weighted by Crippen LogP contribution is -2.11. The number of nitrogen functional groups attached to an aromatic ring is 1. The smallest absolute Gasteiger partial charge is 0.315 e. The maximum absolute atomic E-state index is 11.8.